The fraction of sp³-hybridized carbons (Fsp3) is 0.444. The molecular formula is C18H22N4OS. The van der Waals surface area contributed by atoms with Crippen molar-refractivity contribution in [3.05, 3.63) is 54.1 Å². The molecule has 2 aliphatic rings. The molecule has 2 aromatic rings. The SMILES string of the molecule is CN1C(=S)N[C@H](c2ccccn2)[C@@H]1c1cccn1C[C@@H]1CCCO1. The lowest BCUT2D eigenvalue weighted by Crippen LogP contribution is -2.27. The van der Waals surface area contributed by atoms with Gasteiger partial charge in [-0.15, -0.1) is 0 Å². The van der Waals surface area contributed by atoms with Gasteiger partial charge >= 0.3 is 0 Å². The maximum Gasteiger partial charge on any atom is 0.169 e. The lowest BCUT2D eigenvalue weighted by Gasteiger charge is -2.26. The highest BCUT2D eigenvalue weighted by Gasteiger charge is 2.39. The van der Waals surface area contributed by atoms with Crippen LogP contribution in [-0.4, -0.2) is 39.3 Å². The fourth-order valence-electron chi connectivity index (χ4n) is 3.70. The third kappa shape index (κ3) is 2.80. The van der Waals surface area contributed by atoms with E-state index in [1.807, 2.05) is 25.4 Å². The summed E-state index contributed by atoms with van der Waals surface area (Å²) in [6, 6.07) is 10.5. The summed E-state index contributed by atoms with van der Waals surface area (Å²) < 4.78 is 8.12. The van der Waals surface area contributed by atoms with Crippen molar-refractivity contribution in [2.75, 3.05) is 13.7 Å². The Balaban J connectivity index is 1.65. The topological polar surface area (TPSA) is 42.3 Å². The Bertz CT molecular complexity index is 711. The molecule has 0 bridgehead atoms. The van der Waals surface area contributed by atoms with Crippen molar-refractivity contribution in [2.45, 2.75) is 37.6 Å². The zero-order valence-electron chi connectivity index (χ0n) is 13.8. The molecule has 2 saturated heterocycles. The van der Waals surface area contributed by atoms with Crippen molar-refractivity contribution in [3.63, 3.8) is 0 Å². The Labute approximate surface area is 147 Å². The number of aromatic nitrogens is 2. The van der Waals surface area contributed by atoms with E-state index in [-0.39, 0.29) is 12.1 Å². The average molecular weight is 342 g/mol. The second-order valence-corrected chi connectivity index (χ2v) is 6.84. The van der Waals surface area contributed by atoms with Gasteiger partial charge in [0.05, 0.1) is 23.9 Å². The molecule has 0 radical (unpaired) electrons. The Hall–Kier alpha value is -1.92. The second-order valence-electron chi connectivity index (χ2n) is 6.46. The maximum absolute atomic E-state index is 5.82. The van der Waals surface area contributed by atoms with E-state index < -0.39 is 0 Å². The Morgan fingerprint density at radius 1 is 1.33 bits per heavy atom. The molecule has 0 saturated carbocycles. The molecule has 4 heterocycles. The van der Waals surface area contributed by atoms with Crippen LogP contribution in [0.5, 0.6) is 0 Å². The molecule has 0 amide bonds. The molecule has 3 atom stereocenters. The molecule has 2 fully saturated rings. The number of ether oxygens (including phenoxy) is 1. The number of pyridine rings is 1. The number of nitrogens with zero attached hydrogens (tertiary/aromatic N) is 3. The van der Waals surface area contributed by atoms with Crippen LogP contribution in [0.1, 0.15) is 36.3 Å². The number of thiocarbonyl (C=S) groups is 1. The fourth-order valence-corrected chi connectivity index (χ4v) is 3.94. The van der Waals surface area contributed by atoms with Crippen molar-refractivity contribution in [1.29, 1.82) is 0 Å². The van der Waals surface area contributed by atoms with E-state index in [9.17, 15) is 0 Å². The number of nitrogens with one attached hydrogen (secondary N) is 1. The zero-order valence-corrected chi connectivity index (χ0v) is 14.6. The molecule has 24 heavy (non-hydrogen) atoms. The molecule has 1 N–H and O–H groups in total. The summed E-state index contributed by atoms with van der Waals surface area (Å²) in [7, 11) is 2.05. The molecule has 0 spiro atoms. The Morgan fingerprint density at radius 3 is 3.00 bits per heavy atom. The largest absolute Gasteiger partial charge is 0.376 e. The highest BCUT2D eigenvalue weighted by atomic mass is 32.1. The monoisotopic (exact) mass is 342 g/mol. The average Bonchev–Trinajstić information content (AvgIpc) is 3.32. The van der Waals surface area contributed by atoms with E-state index in [1.165, 1.54) is 5.69 Å². The van der Waals surface area contributed by atoms with Crippen LogP contribution in [0.15, 0.2) is 42.7 Å². The summed E-state index contributed by atoms with van der Waals surface area (Å²) in [5.41, 5.74) is 2.26. The highest BCUT2D eigenvalue weighted by molar-refractivity contribution is 7.80. The minimum atomic E-state index is 0.0573. The summed E-state index contributed by atoms with van der Waals surface area (Å²) in [6.07, 6.45) is 6.59. The first-order valence-corrected chi connectivity index (χ1v) is 8.86. The summed E-state index contributed by atoms with van der Waals surface area (Å²) in [6.45, 7) is 1.78. The number of rotatable bonds is 4. The number of likely N-dealkylation sites (N-methyl/N-ethyl adjacent to an activating group) is 1. The van der Waals surface area contributed by atoms with E-state index in [4.69, 9.17) is 17.0 Å². The van der Waals surface area contributed by atoms with Crippen LogP contribution in [0.25, 0.3) is 0 Å². The van der Waals surface area contributed by atoms with Crippen LogP contribution in [-0.2, 0) is 11.3 Å². The Kier molecular flexibility index (Phi) is 4.24. The van der Waals surface area contributed by atoms with Gasteiger partial charge in [0, 0.05) is 38.3 Å². The first kappa shape index (κ1) is 15.6. The molecule has 2 aliphatic heterocycles. The van der Waals surface area contributed by atoms with Gasteiger partial charge in [-0.1, -0.05) is 6.07 Å². The van der Waals surface area contributed by atoms with Gasteiger partial charge in [-0.2, -0.15) is 0 Å². The maximum atomic E-state index is 5.82. The van der Waals surface area contributed by atoms with Gasteiger partial charge in [-0.3, -0.25) is 4.98 Å². The zero-order chi connectivity index (χ0) is 16.5. The first-order chi connectivity index (χ1) is 11.7. The lowest BCUT2D eigenvalue weighted by atomic mass is 10.0. The van der Waals surface area contributed by atoms with Crippen LogP contribution in [0.3, 0.4) is 0 Å². The lowest BCUT2D eigenvalue weighted by molar-refractivity contribution is 0.0955. The third-order valence-corrected chi connectivity index (χ3v) is 5.34. The minimum absolute atomic E-state index is 0.0573. The predicted octanol–water partition coefficient (Wildman–Crippen LogP) is 2.66. The second kappa shape index (κ2) is 6.53. The van der Waals surface area contributed by atoms with E-state index >= 15 is 0 Å². The molecule has 5 nitrogen and oxygen atoms in total. The summed E-state index contributed by atoms with van der Waals surface area (Å²) in [4.78, 5) is 6.67. The van der Waals surface area contributed by atoms with Gasteiger partial charge in [-0.25, -0.2) is 0 Å². The number of hydrogen-bond donors (Lipinski definition) is 1. The smallest absolute Gasteiger partial charge is 0.169 e. The standard InChI is InChI=1S/C18H22N4OS/c1-21-17(16(20-18(21)24)14-7-2-3-9-19-14)15-8-4-10-22(15)12-13-6-5-11-23-13/h2-4,7-10,13,16-17H,5-6,11-12H2,1H3,(H,20,24)/t13-,16+,17-/m0/s1. The van der Waals surface area contributed by atoms with E-state index in [0.717, 1.165) is 36.8 Å². The van der Waals surface area contributed by atoms with Crippen molar-refractivity contribution in [2.24, 2.45) is 0 Å². The van der Waals surface area contributed by atoms with Crippen LogP contribution in [0.2, 0.25) is 0 Å². The molecule has 6 heteroatoms. The molecule has 0 aromatic carbocycles. The van der Waals surface area contributed by atoms with E-state index in [0.29, 0.717) is 6.10 Å². The highest BCUT2D eigenvalue weighted by Crippen LogP contribution is 2.37. The molecule has 0 aliphatic carbocycles. The van der Waals surface area contributed by atoms with Crippen molar-refractivity contribution in [1.82, 2.24) is 19.8 Å². The molecule has 0 unspecified atom stereocenters. The van der Waals surface area contributed by atoms with Gasteiger partial charge in [0.2, 0.25) is 0 Å². The molecule has 2 aromatic heterocycles. The summed E-state index contributed by atoms with van der Waals surface area (Å²) in [5.74, 6) is 0. The first-order valence-electron chi connectivity index (χ1n) is 8.45. The van der Waals surface area contributed by atoms with Crippen LogP contribution < -0.4 is 5.32 Å². The van der Waals surface area contributed by atoms with E-state index in [2.05, 4.69) is 44.2 Å². The van der Waals surface area contributed by atoms with Gasteiger partial charge in [-0.05, 0) is 49.3 Å². The van der Waals surface area contributed by atoms with E-state index in [1.54, 1.807) is 0 Å². The molecular weight excluding hydrogens is 320 g/mol. The van der Waals surface area contributed by atoms with Gasteiger partial charge in [0.25, 0.3) is 0 Å². The summed E-state index contributed by atoms with van der Waals surface area (Å²) >= 11 is 5.51. The van der Waals surface area contributed by atoms with Crippen molar-refractivity contribution >= 4 is 17.3 Å². The molecule has 4 rings (SSSR count). The van der Waals surface area contributed by atoms with Crippen LogP contribution in [0.4, 0.5) is 0 Å². The van der Waals surface area contributed by atoms with Crippen LogP contribution in [0, 0.1) is 0 Å². The van der Waals surface area contributed by atoms with Crippen molar-refractivity contribution in [3.8, 4) is 0 Å². The van der Waals surface area contributed by atoms with Gasteiger partial charge in [0.1, 0.15) is 0 Å². The predicted molar refractivity (Wildman–Crippen MR) is 96.6 cm³/mol. The molecule has 126 valence electrons. The summed E-state index contributed by atoms with van der Waals surface area (Å²) in [5, 5.41) is 4.19. The van der Waals surface area contributed by atoms with Crippen LogP contribution >= 0.6 is 12.2 Å². The van der Waals surface area contributed by atoms with Gasteiger partial charge < -0.3 is 19.5 Å². The number of hydrogen-bond acceptors (Lipinski definition) is 3. The third-order valence-electron chi connectivity index (χ3n) is 4.93. The normalized spacial score (nSPS) is 26.8. The van der Waals surface area contributed by atoms with Crippen molar-refractivity contribution < 1.29 is 4.74 Å². The minimum Gasteiger partial charge on any atom is -0.376 e. The van der Waals surface area contributed by atoms with Gasteiger partial charge in [0.15, 0.2) is 5.11 Å². The Morgan fingerprint density at radius 2 is 2.25 bits per heavy atom. The quantitative estimate of drug-likeness (QED) is 0.866.